The molecular formula is C65H108O6. The Balaban J connectivity index is 4.51. The summed E-state index contributed by atoms with van der Waals surface area (Å²) in [5, 5.41) is 0. The maximum Gasteiger partial charge on any atom is 0.306 e. The van der Waals surface area contributed by atoms with Gasteiger partial charge >= 0.3 is 17.9 Å². The number of rotatable bonds is 52. The van der Waals surface area contributed by atoms with E-state index in [2.05, 4.69) is 130 Å². The number of unbranched alkanes of at least 4 members (excludes halogenated alkanes) is 23. The highest BCUT2D eigenvalue weighted by Crippen LogP contribution is 2.14. The first-order chi connectivity index (χ1) is 35.0. The Hall–Kier alpha value is -3.93. The van der Waals surface area contributed by atoms with Gasteiger partial charge in [-0.25, -0.2) is 0 Å². The highest BCUT2D eigenvalue weighted by atomic mass is 16.6. The highest BCUT2D eigenvalue weighted by molar-refractivity contribution is 5.71. The van der Waals surface area contributed by atoms with Crippen molar-refractivity contribution >= 4 is 17.9 Å². The second kappa shape index (κ2) is 58.6. The molecule has 0 spiro atoms. The third-order valence-electron chi connectivity index (χ3n) is 12.2. The van der Waals surface area contributed by atoms with Gasteiger partial charge in [-0.2, -0.15) is 0 Å². The van der Waals surface area contributed by atoms with Crippen LogP contribution in [0.5, 0.6) is 0 Å². The van der Waals surface area contributed by atoms with Crippen LogP contribution in [-0.2, 0) is 28.6 Å². The molecule has 0 aromatic carbocycles. The van der Waals surface area contributed by atoms with Gasteiger partial charge in [-0.05, 0) is 128 Å². The van der Waals surface area contributed by atoms with Crippen molar-refractivity contribution in [3.8, 4) is 0 Å². The van der Waals surface area contributed by atoms with Crippen LogP contribution in [0.15, 0.2) is 109 Å². The van der Waals surface area contributed by atoms with E-state index in [1.54, 1.807) is 0 Å². The molecule has 0 saturated carbocycles. The van der Waals surface area contributed by atoms with Crippen molar-refractivity contribution < 1.29 is 28.6 Å². The van der Waals surface area contributed by atoms with Crippen LogP contribution in [0, 0.1) is 0 Å². The van der Waals surface area contributed by atoms with Crippen LogP contribution in [0.25, 0.3) is 0 Å². The number of esters is 3. The van der Waals surface area contributed by atoms with Gasteiger partial charge in [-0.1, -0.05) is 226 Å². The topological polar surface area (TPSA) is 78.9 Å². The fourth-order valence-corrected chi connectivity index (χ4v) is 7.82. The molecule has 0 rings (SSSR count). The molecule has 0 aliphatic heterocycles. The first-order valence-electron chi connectivity index (χ1n) is 29.4. The molecule has 6 heteroatoms. The Bertz CT molecular complexity index is 1460. The Morgan fingerprint density at radius 2 is 0.549 bits per heavy atom. The zero-order valence-corrected chi connectivity index (χ0v) is 46.2. The van der Waals surface area contributed by atoms with Gasteiger partial charge in [0.2, 0.25) is 0 Å². The van der Waals surface area contributed by atoms with Gasteiger partial charge in [0.25, 0.3) is 0 Å². The SMILES string of the molecule is CC/C=C\C/C=C\C/C=C\C/C=C\C/C=C\CCCCCC(=O)OC[C@@H](COC(=O)CCCCCCCCC/C=C\CCCCCCCC)OC(=O)CCCCCC/C=C\C/C=C\C/C=C\CCCCC. The predicted molar refractivity (Wildman–Crippen MR) is 307 cm³/mol. The van der Waals surface area contributed by atoms with Crippen LogP contribution >= 0.6 is 0 Å². The second-order valence-electron chi connectivity index (χ2n) is 19.2. The molecule has 0 aliphatic rings. The van der Waals surface area contributed by atoms with E-state index in [4.69, 9.17) is 14.2 Å². The van der Waals surface area contributed by atoms with Gasteiger partial charge in [0, 0.05) is 19.3 Å². The summed E-state index contributed by atoms with van der Waals surface area (Å²) in [6, 6.07) is 0. The monoisotopic (exact) mass is 985 g/mol. The van der Waals surface area contributed by atoms with E-state index in [-0.39, 0.29) is 31.1 Å². The lowest BCUT2D eigenvalue weighted by Gasteiger charge is -2.18. The molecule has 71 heavy (non-hydrogen) atoms. The molecule has 0 aliphatic carbocycles. The first-order valence-corrected chi connectivity index (χ1v) is 29.4. The molecule has 0 aromatic heterocycles. The lowest BCUT2D eigenvalue weighted by atomic mass is 10.1. The van der Waals surface area contributed by atoms with Crippen molar-refractivity contribution in [2.75, 3.05) is 13.2 Å². The molecule has 0 heterocycles. The Morgan fingerprint density at radius 3 is 0.915 bits per heavy atom. The van der Waals surface area contributed by atoms with Crippen LogP contribution in [0.3, 0.4) is 0 Å². The fraction of sp³-hybridized carbons (Fsp3) is 0.677. The molecule has 0 saturated heterocycles. The standard InChI is InChI=1S/C65H108O6/c1-4-7-10-13-16-19-22-25-28-31-32-35-37-40-43-46-49-52-55-58-64(67)70-61-62(71-65(68)59-56-53-50-47-44-41-38-34-30-27-24-21-18-15-12-9-6-3)60-69-63(66)57-54-51-48-45-42-39-36-33-29-26-23-20-17-14-11-8-5-2/h7,10,16,18-19,21,25-30,32,35,38,40-41,43,62H,4-6,8-9,11-15,17,20,22-24,31,33-34,36-37,39,42,44-61H2,1-3H3/b10-7-,19-16-,21-18-,28-25-,29-26-,30-27-,35-32-,41-38-,43-40-/t62-/m1/s1. The van der Waals surface area contributed by atoms with Crippen molar-refractivity contribution in [1.29, 1.82) is 0 Å². The van der Waals surface area contributed by atoms with E-state index in [0.29, 0.717) is 19.3 Å². The van der Waals surface area contributed by atoms with E-state index in [0.717, 1.165) is 122 Å². The summed E-state index contributed by atoms with van der Waals surface area (Å²) in [6.07, 6.45) is 79.3. The van der Waals surface area contributed by atoms with Gasteiger partial charge in [0.1, 0.15) is 13.2 Å². The molecule has 0 aromatic rings. The van der Waals surface area contributed by atoms with Gasteiger partial charge in [0.15, 0.2) is 6.10 Å². The molecule has 0 N–H and O–H groups in total. The van der Waals surface area contributed by atoms with Crippen molar-refractivity contribution in [2.24, 2.45) is 0 Å². The van der Waals surface area contributed by atoms with Gasteiger partial charge in [0.05, 0.1) is 0 Å². The molecule has 404 valence electrons. The van der Waals surface area contributed by atoms with Crippen LogP contribution in [-0.4, -0.2) is 37.2 Å². The summed E-state index contributed by atoms with van der Waals surface area (Å²) in [4.78, 5) is 38.2. The Labute approximate surface area is 438 Å². The van der Waals surface area contributed by atoms with Crippen LogP contribution < -0.4 is 0 Å². The molecule has 0 radical (unpaired) electrons. The van der Waals surface area contributed by atoms with E-state index in [9.17, 15) is 14.4 Å². The first kappa shape index (κ1) is 67.1. The fourth-order valence-electron chi connectivity index (χ4n) is 7.82. The minimum absolute atomic E-state index is 0.101. The van der Waals surface area contributed by atoms with E-state index >= 15 is 0 Å². The van der Waals surface area contributed by atoms with Crippen LogP contribution in [0.4, 0.5) is 0 Å². The van der Waals surface area contributed by atoms with E-state index in [1.807, 2.05) is 0 Å². The lowest BCUT2D eigenvalue weighted by Crippen LogP contribution is -2.30. The number of ether oxygens (including phenoxy) is 3. The lowest BCUT2D eigenvalue weighted by molar-refractivity contribution is -0.167. The number of carbonyl (C=O) groups is 3. The third-order valence-corrected chi connectivity index (χ3v) is 12.2. The highest BCUT2D eigenvalue weighted by Gasteiger charge is 2.19. The third kappa shape index (κ3) is 56.9. The minimum atomic E-state index is -0.808. The number of hydrogen-bond acceptors (Lipinski definition) is 6. The van der Waals surface area contributed by atoms with Crippen molar-refractivity contribution in [2.45, 2.75) is 271 Å². The quantitative estimate of drug-likeness (QED) is 0.0261. The molecule has 0 unspecified atom stereocenters. The molecule has 0 bridgehead atoms. The molecule has 6 nitrogen and oxygen atoms in total. The number of hydrogen-bond donors (Lipinski definition) is 0. The average Bonchev–Trinajstić information content (AvgIpc) is 3.37. The van der Waals surface area contributed by atoms with Gasteiger partial charge in [-0.15, -0.1) is 0 Å². The largest absolute Gasteiger partial charge is 0.462 e. The summed E-state index contributed by atoms with van der Waals surface area (Å²) in [5.41, 5.74) is 0. The Kier molecular flexibility index (Phi) is 55.4. The van der Waals surface area contributed by atoms with Crippen LogP contribution in [0.2, 0.25) is 0 Å². The summed E-state index contributed by atoms with van der Waals surface area (Å²) >= 11 is 0. The second-order valence-corrected chi connectivity index (χ2v) is 19.2. The summed E-state index contributed by atoms with van der Waals surface area (Å²) in [5.74, 6) is -0.959. The summed E-state index contributed by atoms with van der Waals surface area (Å²) in [6.45, 7) is 6.45. The molecule has 1 atom stereocenters. The zero-order valence-electron chi connectivity index (χ0n) is 46.2. The normalized spacial score (nSPS) is 12.9. The molecule has 0 fully saturated rings. The number of carbonyl (C=O) groups excluding carboxylic acids is 3. The molecular weight excluding hydrogens is 877 g/mol. The van der Waals surface area contributed by atoms with Crippen molar-refractivity contribution in [1.82, 2.24) is 0 Å². The average molecular weight is 986 g/mol. The minimum Gasteiger partial charge on any atom is -0.462 e. The summed E-state index contributed by atoms with van der Waals surface area (Å²) < 4.78 is 16.8. The summed E-state index contributed by atoms with van der Waals surface area (Å²) in [7, 11) is 0. The smallest absolute Gasteiger partial charge is 0.306 e. The van der Waals surface area contributed by atoms with E-state index in [1.165, 1.54) is 103 Å². The Morgan fingerprint density at radius 1 is 0.296 bits per heavy atom. The van der Waals surface area contributed by atoms with Gasteiger partial charge < -0.3 is 14.2 Å². The van der Waals surface area contributed by atoms with Crippen molar-refractivity contribution in [3.63, 3.8) is 0 Å². The molecule has 0 amide bonds. The number of allylic oxidation sites excluding steroid dienone is 18. The maximum absolute atomic E-state index is 12.9. The predicted octanol–water partition coefficient (Wildman–Crippen LogP) is 19.9. The zero-order chi connectivity index (χ0) is 51.4. The van der Waals surface area contributed by atoms with Gasteiger partial charge in [-0.3, -0.25) is 14.4 Å². The maximum atomic E-state index is 12.9. The van der Waals surface area contributed by atoms with E-state index < -0.39 is 6.10 Å². The van der Waals surface area contributed by atoms with Crippen molar-refractivity contribution in [3.05, 3.63) is 109 Å². The van der Waals surface area contributed by atoms with Crippen LogP contribution in [0.1, 0.15) is 265 Å².